The molecular weight excluding hydrogens is 508 g/mol. The molecule has 3 fully saturated rings. The monoisotopic (exact) mass is 550 g/mol. The third-order valence-corrected chi connectivity index (χ3v) is 8.67. The number of urea groups is 1. The molecular formula is C29H42N8O3. The van der Waals surface area contributed by atoms with Crippen molar-refractivity contribution in [3.8, 4) is 5.69 Å². The van der Waals surface area contributed by atoms with Crippen LogP contribution in [0, 0.1) is 5.41 Å². The van der Waals surface area contributed by atoms with Crippen molar-refractivity contribution in [2.75, 3.05) is 44.6 Å². The third kappa shape index (κ3) is 6.06. The minimum absolute atomic E-state index is 0.139. The quantitative estimate of drug-likeness (QED) is 0.493. The standard InChI is InChI=1S/C29H42N8O3/c1-20(36-11-9-29(19-36)17-22(30)18-29)16-21-4-6-23(7-5-21)37-10-8-24(33-27(37)40)32-26(39)35-14-12-34(13-15-35)25(38)28(2,3)31/h4-8,10,20,22H,9,11-19,30-31H2,1-3H3,(H,32,33,39,40). The number of nitrogens with one attached hydrogen (secondary N) is 1. The number of nitrogens with two attached hydrogens (primary N) is 2. The second-order valence-corrected chi connectivity index (χ2v) is 12.5. The second-order valence-electron chi connectivity index (χ2n) is 12.5. The van der Waals surface area contributed by atoms with Gasteiger partial charge in [-0.2, -0.15) is 4.98 Å². The van der Waals surface area contributed by atoms with Crippen molar-refractivity contribution in [3.63, 3.8) is 0 Å². The highest BCUT2D eigenvalue weighted by atomic mass is 16.2. The van der Waals surface area contributed by atoms with Gasteiger partial charge in [-0.05, 0) is 82.2 Å². The molecule has 2 saturated heterocycles. The Bertz CT molecular complexity index is 1290. The molecule has 40 heavy (non-hydrogen) atoms. The minimum Gasteiger partial charge on any atom is -0.338 e. The summed E-state index contributed by atoms with van der Waals surface area (Å²) in [6.07, 6.45) is 6.14. The summed E-state index contributed by atoms with van der Waals surface area (Å²) >= 11 is 0. The third-order valence-electron chi connectivity index (χ3n) is 8.67. The number of piperazine rings is 1. The van der Waals surface area contributed by atoms with Crippen molar-refractivity contribution in [1.29, 1.82) is 0 Å². The van der Waals surface area contributed by atoms with E-state index >= 15 is 0 Å². The van der Waals surface area contributed by atoms with Gasteiger partial charge >= 0.3 is 11.7 Å². The fraction of sp³-hybridized carbons (Fsp3) is 0.586. The Morgan fingerprint density at radius 2 is 1.73 bits per heavy atom. The average molecular weight is 551 g/mol. The highest BCUT2D eigenvalue weighted by Crippen LogP contribution is 2.47. The van der Waals surface area contributed by atoms with E-state index in [9.17, 15) is 14.4 Å². The first kappa shape index (κ1) is 28.3. The highest BCUT2D eigenvalue weighted by molar-refractivity contribution is 5.89. The van der Waals surface area contributed by atoms with Crippen LogP contribution in [0.3, 0.4) is 0 Å². The maximum atomic E-state index is 12.8. The Morgan fingerprint density at radius 1 is 1.07 bits per heavy atom. The molecule has 3 heterocycles. The molecule has 5 rings (SSSR count). The van der Waals surface area contributed by atoms with Crippen LogP contribution in [0.1, 0.15) is 45.6 Å². The first-order chi connectivity index (χ1) is 18.9. The summed E-state index contributed by atoms with van der Waals surface area (Å²) in [6, 6.07) is 10.1. The molecule has 11 nitrogen and oxygen atoms in total. The van der Waals surface area contributed by atoms with Crippen LogP contribution in [0.5, 0.6) is 0 Å². The number of carbonyl (C=O) groups is 2. The lowest BCUT2D eigenvalue weighted by Gasteiger charge is -2.44. The van der Waals surface area contributed by atoms with Crippen LogP contribution >= 0.6 is 0 Å². The van der Waals surface area contributed by atoms with Gasteiger partial charge in [0.1, 0.15) is 5.82 Å². The molecule has 1 aliphatic carbocycles. The number of carbonyl (C=O) groups excluding carboxylic acids is 2. The van der Waals surface area contributed by atoms with Gasteiger partial charge in [-0.25, -0.2) is 9.59 Å². The summed E-state index contributed by atoms with van der Waals surface area (Å²) in [4.78, 5) is 47.8. The Kier molecular flexibility index (Phi) is 7.73. The maximum Gasteiger partial charge on any atom is 0.354 e. The fourth-order valence-electron chi connectivity index (χ4n) is 6.37. The van der Waals surface area contributed by atoms with Gasteiger partial charge in [0, 0.05) is 51.0 Å². The number of amides is 3. The molecule has 1 aromatic carbocycles. The largest absolute Gasteiger partial charge is 0.354 e. The lowest BCUT2D eigenvalue weighted by Crippen LogP contribution is -2.58. The van der Waals surface area contributed by atoms with Gasteiger partial charge in [-0.3, -0.25) is 19.6 Å². The van der Waals surface area contributed by atoms with Gasteiger partial charge in [-0.1, -0.05) is 12.1 Å². The number of hydrogen-bond donors (Lipinski definition) is 3. The van der Waals surface area contributed by atoms with Gasteiger partial charge in [-0.15, -0.1) is 0 Å². The van der Waals surface area contributed by atoms with E-state index in [1.807, 2.05) is 12.1 Å². The predicted octanol–water partition coefficient (Wildman–Crippen LogP) is 1.39. The first-order valence-corrected chi connectivity index (χ1v) is 14.3. The smallest absolute Gasteiger partial charge is 0.338 e. The average Bonchev–Trinajstić information content (AvgIpc) is 3.34. The first-order valence-electron chi connectivity index (χ1n) is 14.3. The molecule has 1 unspecified atom stereocenters. The maximum absolute atomic E-state index is 12.8. The summed E-state index contributed by atoms with van der Waals surface area (Å²) in [5.41, 5.74) is 12.9. The van der Waals surface area contributed by atoms with Gasteiger partial charge < -0.3 is 21.3 Å². The van der Waals surface area contributed by atoms with E-state index < -0.39 is 11.2 Å². The zero-order valence-electron chi connectivity index (χ0n) is 23.8. The Labute approximate surface area is 235 Å². The van der Waals surface area contributed by atoms with E-state index in [-0.39, 0.29) is 17.8 Å². The number of anilines is 1. The van der Waals surface area contributed by atoms with Crippen LogP contribution in [0.2, 0.25) is 0 Å². The van der Waals surface area contributed by atoms with E-state index in [4.69, 9.17) is 11.5 Å². The molecule has 2 aromatic rings. The number of likely N-dealkylation sites (tertiary alicyclic amines) is 1. The van der Waals surface area contributed by atoms with E-state index in [0.29, 0.717) is 43.7 Å². The molecule has 1 aromatic heterocycles. The highest BCUT2D eigenvalue weighted by Gasteiger charge is 2.47. The normalized spacial score (nSPS) is 24.2. The Hall–Kier alpha value is -3.28. The van der Waals surface area contributed by atoms with E-state index in [0.717, 1.165) is 38.0 Å². The topological polar surface area (TPSA) is 143 Å². The molecule has 216 valence electrons. The molecule has 3 amide bonds. The lowest BCUT2D eigenvalue weighted by molar-refractivity contribution is -0.137. The van der Waals surface area contributed by atoms with E-state index in [1.165, 1.54) is 16.6 Å². The summed E-state index contributed by atoms with van der Waals surface area (Å²) in [6.45, 7) is 9.48. The lowest BCUT2D eigenvalue weighted by atomic mass is 9.65. The summed E-state index contributed by atoms with van der Waals surface area (Å²) < 4.78 is 1.46. The van der Waals surface area contributed by atoms with Crippen molar-refractivity contribution in [3.05, 3.63) is 52.6 Å². The second kappa shape index (κ2) is 10.9. The number of benzene rings is 1. The van der Waals surface area contributed by atoms with Gasteiger partial charge in [0.2, 0.25) is 5.91 Å². The van der Waals surface area contributed by atoms with Crippen LogP contribution < -0.4 is 22.5 Å². The van der Waals surface area contributed by atoms with Crippen LogP contribution in [0.4, 0.5) is 10.6 Å². The number of aromatic nitrogens is 2. The Balaban J connectivity index is 1.14. The Morgan fingerprint density at radius 3 is 2.33 bits per heavy atom. The minimum atomic E-state index is -0.945. The van der Waals surface area contributed by atoms with Gasteiger partial charge in [0.05, 0.1) is 11.2 Å². The summed E-state index contributed by atoms with van der Waals surface area (Å²) in [7, 11) is 0. The SMILES string of the molecule is CC(Cc1ccc(-n2ccc(NC(=O)N3CCN(C(=O)C(C)(C)N)CC3)nc2=O)cc1)N1CCC2(CC(N)C2)C1. The zero-order valence-corrected chi connectivity index (χ0v) is 23.8. The molecule has 1 spiro atoms. The molecule has 11 heteroatoms. The van der Waals surface area contributed by atoms with Crippen LogP contribution in [-0.4, -0.2) is 93.1 Å². The molecule has 2 aliphatic heterocycles. The molecule has 1 atom stereocenters. The molecule has 1 saturated carbocycles. The van der Waals surface area contributed by atoms with Crippen LogP contribution in [0.15, 0.2) is 41.3 Å². The number of nitrogens with zero attached hydrogens (tertiary/aromatic N) is 5. The molecule has 3 aliphatic rings. The van der Waals surface area contributed by atoms with Gasteiger partial charge in [0.25, 0.3) is 0 Å². The number of rotatable bonds is 6. The molecule has 0 bridgehead atoms. The van der Waals surface area contributed by atoms with Crippen LogP contribution in [0.25, 0.3) is 5.69 Å². The van der Waals surface area contributed by atoms with Crippen molar-refractivity contribution in [2.24, 2.45) is 16.9 Å². The van der Waals surface area contributed by atoms with Crippen molar-refractivity contribution < 1.29 is 9.59 Å². The number of hydrogen-bond acceptors (Lipinski definition) is 7. The van der Waals surface area contributed by atoms with E-state index in [2.05, 4.69) is 34.3 Å². The zero-order chi connectivity index (χ0) is 28.7. The fourth-order valence-corrected chi connectivity index (χ4v) is 6.37. The van der Waals surface area contributed by atoms with Crippen molar-refractivity contribution in [2.45, 2.75) is 64.1 Å². The molecule has 0 radical (unpaired) electrons. The molecule has 5 N–H and O–H groups in total. The van der Waals surface area contributed by atoms with Crippen molar-refractivity contribution >= 4 is 17.8 Å². The summed E-state index contributed by atoms with van der Waals surface area (Å²) in [5, 5.41) is 2.70. The predicted molar refractivity (Wildman–Crippen MR) is 154 cm³/mol. The van der Waals surface area contributed by atoms with Crippen LogP contribution in [-0.2, 0) is 11.2 Å². The summed E-state index contributed by atoms with van der Waals surface area (Å²) in [5.74, 6) is 0.0496. The van der Waals surface area contributed by atoms with Gasteiger partial charge in [0.15, 0.2) is 0 Å². The van der Waals surface area contributed by atoms with Crippen molar-refractivity contribution in [1.82, 2.24) is 24.3 Å². The van der Waals surface area contributed by atoms with E-state index in [1.54, 1.807) is 35.9 Å².